The van der Waals surface area contributed by atoms with Gasteiger partial charge >= 0.3 is 0 Å². The van der Waals surface area contributed by atoms with Gasteiger partial charge in [-0.15, -0.1) is 0 Å². The van der Waals surface area contributed by atoms with E-state index in [1.54, 1.807) is 7.05 Å². The lowest BCUT2D eigenvalue weighted by Crippen LogP contribution is -2.21. The molecule has 0 aromatic heterocycles. The van der Waals surface area contributed by atoms with Crippen LogP contribution in [0.15, 0.2) is 6.07 Å². The first-order chi connectivity index (χ1) is 8.99. The fraction of sp³-hybridized carbons (Fsp3) is 0.538. The lowest BCUT2D eigenvalue weighted by atomic mass is 9.98. The molecule has 19 heavy (non-hydrogen) atoms. The van der Waals surface area contributed by atoms with Crippen molar-refractivity contribution in [3.05, 3.63) is 23.3 Å². The van der Waals surface area contributed by atoms with E-state index in [0.29, 0.717) is 19.5 Å². The molecule has 0 amide bonds. The second-order valence-electron chi connectivity index (χ2n) is 4.93. The van der Waals surface area contributed by atoms with Crippen molar-refractivity contribution < 1.29 is 18.6 Å². The molecule has 1 aliphatic rings. The van der Waals surface area contributed by atoms with Gasteiger partial charge in [-0.1, -0.05) is 0 Å². The first-order valence-corrected chi connectivity index (χ1v) is 6.14. The Morgan fingerprint density at radius 1 is 1.47 bits per heavy atom. The van der Waals surface area contributed by atoms with Crippen LogP contribution in [0.25, 0.3) is 0 Å². The van der Waals surface area contributed by atoms with Crippen molar-refractivity contribution in [3.63, 3.8) is 0 Å². The van der Waals surface area contributed by atoms with Gasteiger partial charge in [-0.2, -0.15) is 0 Å². The number of methoxy groups -OCH3 is 1. The highest BCUT2D eigenvalue weighted by Gasteiger charge is 2.35. The number of benzene rings is 1. The van der Waals surface area contributed by atoms with E-state index in [0.717, 1.165) is 6.07 Å². The van der Waals surface area contributed by atoms with Crippen molar-refractivity contribution in [2.75, 3.05) is 27.2 Å². The molecule has 1 saturated heterocycles. The number of ether oxygens (including phenoxy) is 1. The zero-order chi connectivity index (χ0) is 14.2. The third kappa shape index (κ3) is 2.37. The van der Waals surface area contributed by atoms with E-state index in [2.05, 4.69) is 0 Å². The molecule has 1 aliphatic heterocycles. The van der Waals surface area contributed by atoms with Gasteiger partial charge in [-0.05, 0) is 25.9 Å². The van der Waals surface area contributed by atoms with Crippen LogP contribution >= 0.6 is 0 Å². The van der Waals surface area contributed by atoms with Crippen LogP contribution in [0, 0.1) is 17.6 Å². The number of nitrogens with zero attached hydrogens (tertiary/aromatic N) is 1. The zero-order valence-corrected chi connectivity index (χ0v) is 11.0. The Kier molecular flexibility index (Phi) is 3.91. The molecular weight excluding hydrogens is 254 g/mol. The van der Waals surface area contributed by atoms with Gasteiger partial charge in [0.2, 0.25) is 0 Å². The van der Waals surface area contributed by atoms with Crippen LogP contribution in [0.1, 0.15) is 18.0 Å². The molecule has 0 bridgehead atoms. The highest BCUT2D eigenvalue weighted by Crippen LogP contribution is 2.41. The Labute approximate surface area is 110 Å². The van der Waals surface area contributed by atoms with Gasteiger partial charge in [0.05, 0.1) is 7.11 Å². The minimum absolute atomic E-state index is 0.143. The minimum atomic E-state index is -0.923. The van der Waals surface area contributed by atoms with E-state index >= 15 is 0 Å². The van der Waals surface area contributed by atoms with Gasteiger partial charge in [-0.3, -0.25) is 4.90 Å². The average molecular weight is 272 g/mol. The Morgan fingerprint density at radius 3 is 2.68 bits per heavy atom. The van der Waals surface area contributed by atoms with Crippen LogP contribution in [0.2, 0.25) is 0 Å². The fourth-order valence-corrected chi connectivity index (χ4v) is 2.67. The van der Waals surface area contributed by atoms with Crippen molar-refractivity contribution in [2.45, 2.75) is 12.5 Å². The second-order valence-corrected chi connectivity index (χ2v) is 4.93. The maximum atomic E-state index is 14.2. The molecule has 0 spiro atoms. The Hall–Kier alpha value is -1.40. The summed E-state index contributed by atoms with van der Waals surface area (Å²) < 4.78 is 33.1. The Balaban J connectivity index is 2.47. The summed E-state index contributed by atoms with van der Waals surface area (Å²) in [5, 5.41) is 9.54. The molecule has 6 heteroatoms. The van der Waals surface area contributed by atoms with Crippen LogP contribution < -0.4 is 10.5 Å². The van der Waals surface area contributed by atoms with Crippen LogP contribution in [0.4, 0.5) is 8.78 Å². The number of aromatic hydroxyl groups is 1. The van der Waals surface area contributed by atoms with Gasteiger partial charge in [0, 0.05) is 24.2 Å². The number of hydrogen-bond acceptors (Lipinski definition) is 4. The normalized spacial score (nSPS) is 23.8. The number of phenols is 1. The third-order valence-corrected chi connectivity index (χ3v) is 3.70. The van der Waals surface area contributed by atoms with Crippen LogP contribution in [0.3, 0.4) is 0 Å². The Bertz CT molecular complexity index is 482. The lowest BCUT2D eigenvalue weighted by Gasteiger charge is -2.22. The van der Waals surface area contributed by atoms with Crippen molar-refractivity contribution >= 4 is 0 Å². The summed E-state index contributed by atoms with van der Waals surface area (Å²) in [6.07, 6.45) is 0.563. The number of nitrogens with two attached hydrogens (primary N) is 1. The monoisotopic (exact) mass is 272 g/mol. The van der Waals surface area contributed by atoms with E-state index in [9.17, 15) is 13.9 Å². The molecule has 1 heterocycles. The van der Waals surface area contributed by atoms with Gasteiger partial charge in [0.15, 0.2) is 23.1 Å². The molecule has 2 unspecified atom stereocenters. The number of likely N-dealkylation sites (tertiary alicyclic amines) is 1. The van der Waals surface area contributed by atoms with E-state index in [4.69, 9.17) is 10.5 Å². The minimum Gasteiger partial charge on any atom is -0.505 e. The molecule has 106 valence electrons. The molecule has 2 atom stereocenters. The smallest absolute Gasteiger partial charge is 0.173 e. The van der Waals surface area contributed by atoms with E-state index < -0.39 is 23.4 Å². The summed E-state index contributed by atoms with van der Waals surface area (Å²) >= 11 is 0. The lowest BCUT2D eigenvalue weighted by molar-refractivity contribution is 0.288. The van der Waals surface area contributed by atoms with Gasteiger partial charge in [0.1, 0.15) is 0 Å². The Morgan fingerprint density at radius 2 is 2.16 bits per heavy atom. The van der Waals surface area contributed by atoms with E-state index in [1.807, 2.05) is 4.90 Å². The molecule has 2 rings (SSSR count). The van der Waals surface area contributed by atoms with Crippen molar-refractivity contribution in [3.8, 4) is 11.5 Å². The van der Waals surface area contributed by atoms with Crippen molar-refractivity contribution in [1.29, 1.82) is 0 Å². The SMILES string of the molecule is COc1cc(O)c(F)c(C2CC(CN)CN2C)c1F. The maximum Gasteiger partial charge on any atom is 0.173 e. The average Bonchev–Trinajstić information content (AvgIpc) is 2.76. The maximum absolute atomic E-state index is 14.2. The summed E-state index contributed by atoms with van der Waals surface area (Å²) in [6.45, 7) is 1.15. The largest absolute Gasteiger partial charge is 0.505 e. The highest BCUT2D eigenvalue weighted by atomic mass is 19.1. The van der Waals surface area contributed by atoms with Crippen molar-refractivity contribution in [2.24, 2.45) is 11.7 Å². The number of halogens is 2. The predicted octanol–water partition coefficient (Wildman–Crippen LogP) is 1.63. The molecular formula is C13H18F2N2O2. The zero-order valence-electron chi connectivity index (χ0n) is 11.0. The summed E-state index contributed by atoms with van der Waals surface area (Å²) in [5.74, 6) is -2.24. The topological polar surface area (TPSA) is 58.7 Å². The van der Waals surface area contributed by atoms with Crippen LogP contribution in [0.5, 0.6) is 11.5 Å². The van der Waals surface area contributed by atoms with Gasteiger partial charge in [-0.25, -0.2) is 8.78 Å². The molecule has 4 nitrogen and oxygen atoms in total. The van der Waals surface area contributed by atoms with Crippen LogP contribution in [-0.4, -0.2) is 37.3 Å². The van der Waals surface area contributed by atoms with E-state index in [-0.39, 0.29) is 17.2 Å². The van der Waals surface area contributed by atoms with Crippen LogP contribution in [-0.2, 0) is 0 Å². The first kappa shape index (κ1) is 14.0. The van der Waals surface area contributed by atoms with Crippen molar-refractivity contribution in [1.82, 2.24) is 4.90 Å². The number of hydrogen-bond donors (Lipinski definition) is 2. The molecule has 1 fully saturated rings. The number of rotatable bonds is 3. The second kappa shape index (κ2) is 5.30. The standard InChI is InChI=1S/C13H18F2N2O2/c1-17-6-7(5-16)3-8(17)11-12(14)9(18)4-10(19-2)13(11)15/h4,7-8,18H,3,5-6,16H2,1-2H3. The van der Waals surface area contributed by atoms with E-state index in [1.165, 1.54) is 7.11 Å². The molecule has 0 saturated carbocycles. The molecule has 3 N–H and O–H groups in total. The fourth-order valence-electron chi connectivity index (χ4n) is 2.67. The molecule has 1 aromatic carbocycles. The first-order valence-electron chi connectivity index (χ1n) is 6.14. The van der Waals surface area contributed by atoms with Gasteiger partial charge in [0.25, 0.3) is 0 Å². The summed E-state index contributed by atoms with van der Waals surface area (Å²) in [4.78, 5) is 1.85. The summed E-state index contributed by atoms with van der Waals surface area (Å²) in [5.41, 5.74) is 5.47. The molecule has 0 radical (unpaired) electrons. The quantitative estimate of drug-likeness (QED) is 0.878. The third-order valence-electron chi connectivity index (χ3n) is 3.70. The molecule has 1 aromatic rings. The molecule has 0 aliphatic carbocycles. The number of phenolic OH excluding ortho intramolecular Hbond substituents is 1. The highest BCUT2D eigenvalue weighted by molar-refractivity contribution is 5.42. The summed E-state index contributed by atoms with van der Waals surface area (Å²) in [7, 11) is 3.07. The van der Waals surface area contributed by atoms with Gasteiger partial charge < -0.3 is 15.6 Å². The summed E-state index contributed by atoms with van der Waals surface area (Å²) in [6, 6.07) is 0.512. The predicted molar refractivity (Wildman–Crippen MR) is 67.1 cm³/mol.